The Balaban J connectivity index is 2.20. The number of rotatable bonds is 3. The second kappa shape index (κ2) is 4.35. The summed E-state index contributed by atoms with van der Waals surface area (Å²) < 4.78 is 5.08. The zero-order valence-corrected chi connectivity index (χ0v) is 9.86. The molecule has 17 heavy (non-hydrogen) atoms. The standard InChI is InChI=1S/C13H16O4/c1-13(7-3-2-4-8-13)11(14)9-5-6-10(17-9)12(15)16/h5-6H,2-4,7-8H2,1H3,(H,15,16). The summed E-state index contributed by atoms with van der Waals surface area (Å²) in [5.41, 5.74) is -0.383. The molecule has 92 valence electrons. The van der Waals surface area contributed by atoms with Crippen LogP contribution in [0.25, 0.3) is 0 Å². The summed E-state index contributed by atoms with van der Waals surface area (Å²) in [7, 11) is 0. The highest BCUT2D eigenvalue weighted by molar-refractivity contribution is 5.99. The minimum absolute atomic E-state index is 0.0651. The van der Waals surface area contributed by atoms with Crippen LogP contribution < -0.4 is 0 Å². The second-order valence-corrected chi connectivity index (χ2v) is 4.92. The number of aromatic carboxylic acids is 1. The van der Waals surface area contributed by atoms with Crippen molar-refractivity contribution in [2.24, 2.45) is 5.41 Å². The van der Waals surface area contributed by atoms with E-state index in [0.29, 0.717) is 0 Å². The van der Waals surface area contributed by atoms with Crippen LogP contribution in [0.2, 0.25) is 0 Å². The second-order valence-electron chi connectivity index (χ2n) is 4.92. The molecule has 1 aromatic heterocycles. The first-order chi connectivity index (χ1) is 8.03. The molecule has 0 unspecified atom stereocenters. The molecule has 1 saturated carbocycles. The Morgan fingerprint density at radius 2 is 1.76 bits per heavy atom. The van der Waals surface area contributed by atoms with Gasteiger partial charge in [-0.3, -0.25) is 4.79 Å². The molecule has 0 spiro atoms. The van der Waals surface area contributed by atoms with Gasteiger partial charge in [0.2, 0.25) is 11.5 Å². The van der Waals surface area contributed by atoms with Crippen LogP contribution in [0.3, 0.4) is 0 Å². The highest BCUT2D eigenvalue weighted by atomic mass is 16.4. The Labute approximate surface area is 99.6 Å². The van der Waals surface area contributed by atoms with E-state index in [2.05, 4.69) is 0 Å². The van der Waals surface area contributed by atoms with E-state index in [1.165, 1.54) is 18.6 Å². The third-order valence-corrected chi connectivity index (χ3v) is 3.55. The van der Waals surface area contributed by atoms with Crippen molar-refractivity contribution >= 4 is 11.8 Å². The maximum Gasteiger partial charge on any atom is 0.371 e. The van der Waals surface area contributed by atoms with Gasteiger partial charge in [-0.1, -0.05) is 26.2 Å². The predicted molar refractivity (Wildman–Crippen MR) is 61.2 cm³/mol. The average molecular weight is 236 g/mol. The molecule has 1 N–H and O–H groups in total. The number of carboxylic acids is 1. The summed E-state index contributed by atoms with van der Waals surface area (Å²) in [6, 6.07) is 2.80. The van der Waals surface area contributed by atoms with E-state index in [1.807, 2.05) is 6.92 Å². The Bertz CT molecular complexity index is 438. The van der Waals surface area contributed by atoms with Crippen LogP contribution in [-0.4, -0.2) is 16.9 Å². The SMILES string of the molecule is CC1(C(=O)c2ccc(C(=O)O)o2)CCCCC1. The molecule has 0 aliphatic heterocycles. The monoisotopic (exact) mass is 236 g/mol. The topological polar surface area (TPSA) is 67.5 Å². The molecular formula is C13H16O4. The lowest BCUT2D eigenvalue weighted by Gasteiger charge is -2.30. The molecule has 1 aliphatic carbocycles. The van der Waals surface area contributed by atoms with Gasteiger partial charge in [-0.25, -0.2) is 4.79 Å². The first-order valence-corrected chi connectivity index (χ1v) is 5.91. The normalized spacial score (nSPS) is 18.9. The number of furan rings is 1. The van der Waals surface area contributed by atoms with Gasteiger partial charge in [0.15, 0.2) is 5.76 Å². The van der Waals surface area contributed by atoms with Gasteiger partial charge in [0.25, 0.3) is 0 Å². The van der Waals surface area contributed by atoms with Crippen LogP contribution >= 0.6 is 0 Å². The largest absolute Gasteiger partial charge is 0.475 e. The minimum Gasteiger partial charge on any atom is -0.475 e. The first kappa shape index (κ1) is 11.9. The third-order valence-electron chi connectivity index (χ3n) is 3.55. The number of Topliss-reactive ketones (excluding diaryl/α,β-unsaturated/α-hetero) is 1. The van der Waals surface area contributed by atoms with Crippen molar-refractivity contribution in [3.8, 4) is 0 Å². The summed E-state index contributed by atoms with van der Waals surface area (Å²) in [5.74, 6) is -1.21. The van der Waals surface area contributed by atoms with Crippen molar-refractivity contribution in [3.63, 3.8) is 0 Å². The Morgan fingerprint density at radius 1 is 1.18 bits per heavy atom. The molecule has 0 saturated heterocycles. The molecule has 0 radical (unpaired) electrons. The predicted octanol–water partition coefficient (Wildman–Crippen LogP) is 3.13. The first-order valence-electron chi connectivity index (χ1n) is 5.91. The Hall–Kier alpha value is -1.58. The summed E-state index contributed by atoms with van der Waals surface area (Å²) in [6.45, 7) is 1.94. The molecule has 0 aromatic carbocycles. The van der Waals surface area contributed by atoms with Crippen LogP contribution in [0, 0.1) is 5.41 Å². The number of hydrogen-bond donors (Lipinski definition) is 1. The molecule has 0 atom stereocenters. The van der Waals surface area contributed by atoms with E-state index in [0.717, 1.165) is 25.7 Å². The molecule has 1 aromatic rings. The quantitative estimate of drug-likeness (QED) is 0.818. The van der Waals surface area contributed by atoms with Crippen molar-refractivity contribution in [2.45, 2.75) is 39.0 Å². The number of carbonyl (C=O) groups is 2. The minimum atomic E-state index is -1.14. The van der Waals surface area contributed by atoms with Crippen LogP contribution in [0.5, 0.6) is 0 Å². The molecule has 1 heterocycles. The number of ketones is 1. The van der Waals surface area contributed by atoms with E-state index in [-0.39, 0.29) is 22.7 Å². The molecule has 0 amide bonds. The molecule has 2 rings (SSSR count). The summed E-state index contributed by atoms with van der Waals surface area (Å²) in [5, 5.41) is 8.75. The van der Waals surface area contributed by atoms with Crippen LogP contribution in [0.15, 0.2) is 16.5 Å². The zero-order chi connectivity index (χ0) is 12.5. The lowest BCUT2D eigenvalue weighted by Crippen LogP contribution is -2.30. The Morgan fingerprint density at radius 3 is 2.29 bits per heavy atom. The van der Waals surface area contributed by atoms with Crippen molar-refractivity contribution in [1.29, 1.82) is 0 Å². The maximum atomic E-state index is 12.3. The smallest absolute Gasteiger partial charge is 0.371 e. The number of hydrogen-bond acceptors (Lipinski definition) is 3. The lowest BCUT2D eigenvalue weighted by atomic mass is 9.72. The molecular weight excluding hydrogens is 220 g/mol. The molecule has 4 nitrogen and oxygen atoms in total. The van der Waals surface area contributed by atoms with E-state index >= 15 is 0 Å². The van der Waals surface area contributed by atoms with Crippen LogP contribution in [0.4, 0.5) is 0 Å². The summed E-state index contributed by atoms with van der Waals surface area (Å²) >= 11 is 0. The van der Waals surface area contributed by atoms with Gasteiger partial charge in [-0.15, -0.1) is 0 Å². The summed E-state index contributed by atoms with van der Waals surface area (Å²) in [4.78, 5) is 23.0. The van der Waals surface area contributed by atoms with E-state index in [4.69, 9.17) is 9.52 Å². The maximum absolute atomic E-state index is 12.3. The van der Waals surface area contributed by atoms with Gasteiger partial charge < -0.3 is 9.52 Å². The van der Waals surface area contributed by atoms with Gasteiger partial charge in [0, 0.05) is 5.41 Å². The fourth-order valence-corrected chi connectivity index (χ4v) is 2.43. The lowest BCUT2D eigenvalue weighted by molar-refractivity contribution is 0.0648. The number of carbonyl (C=O) groups excluding carboxylic acids is 1. The molecule has 0 bridgehead atoms. The molecule has 1 fully saturated rings. The highest BCUT2D eigenvalue weighted by Gasteiger charge is 2.36. The zero-order valence-electron chi connectivity index (χ0n) is 9.86. The fourth-order valence-electron chi connectivity index (χ4n) is 2.43. The Kier molecular flexibility index (Phi) is 3.05. The van der Waals surface area contributed by atoms with Gasteiger partial charge in [-0.2, -0.15) is 0 Å². The van der Waals surface area contributed by atoms with Gasteiger partial charge in [0.1, 0.15) is 0 Å². The van der Waals surface area contributed by atoms with Gasteiger partial charge >= 0.3 is 5.97 Å². The molecule has 1 aliphatic rings. The summed E-state index contributed by atoms with van der Waals surface area (Å²) in [6.07, 6.45) is 4.98. The van der Waals surface area contributed by atoms with E-state index in [1.54, 1.807) is 0 Å². The van der Waals surface area contributed by atoms with Crippen molar-refractivity contribution < 1.29 is 19.1 Å². The van der Waals surface area contributed by atoms with Gasteiger partial charge in [-0.05, 0) is 25.0 Å². The molecule has 4 heteroatoms. The highest BCUT2D eigenvalue weighted by Crippen LogP contribution is 2.38. The van der Waals surface area contributed by atoms with Crippen LogP contribution in [-0.2, 0) is 0 Å². The van der Waals surface area contributed by atoms with E-state index in [9.17, 15) is 9.59 Å². The third kappa shape index (κ3) is 2.25. The average Bonchev–Trinajstić information content (AvgIpc) is 2.78. The fraction of sp³-hybridized carbons (Fsp3) is 0.538. The van der Waals surface area contributed by atoms with Crippen LogP contribution in [0.1, 0.15) is 60.1 Å². The number of carboxylic acid groups (broad SMARTS) is 1. The van der Waals surface area contributed by atoms with Crippen molar-refractivity contribution in [3.05, 3.63) is 23.7 Å². The van der Waals surface area contributed by atoms with Gasteiger partial charge in [0.05, 0.1) is 0 Å². The van der Waals surface area contributed by atoms with Crippen molar-refractivity contribution in [2.75, 3.05) is 0 Å². The van der Waals surface area contributed by atoms with Crippen molar-refractivity contribution in [1.82, 2.24) is 0 Å². The van der Waals surface area contributed by atoms with E-state index < -0.39 is 5.97 Å².